The van der Waals surface area contributed by atoms with E-state index in [9.17, 15) is 14.4 Å². The van der Waals surface area contributed by atoms with Crippen LogP contribution in [0.4, 0.5) is 0 Å². The molecule has 0 saturated carbocycles. The van der Waals surface area contributed by atoms with Crippen molar-refractivity contribution < 1.29 is 28.6 Å². The van der Waals surface area contributed by atoms with Crippen molar-refractivity contribution >= 4 is 17.9 Å². The highest BCUT2D eigenvalue weighted by Crippen LogP contribution is 2.14. The second kappa shape index (κ2) is 53.2. The first-order valence-corrected chi connectivity index (χ1v) is 27.1. The van der Waals surface area contributed by atoms with E-state index in [0.29, 0.717) is 19.3 Å². The van der Waals surface area contributed by atoms with Crippen molar-refractivity contribution in [1.29, 1.82) is 0 Å². The minimum absolute atomic E-state index is 0.0900. The van der Waals surface area contributed by atoms with Crippen LogP contribution >= 0.6 is 0 Å². The Bertz CT molecular complexity index is 1270. The summed E-state index contributed by atoms with van der Waals surface area (Å²) in [6, 6.07) is 0. The molecule has 1 atom stereocenters. The molecule has 0 aliphatic rings. The topological polar surface area (TPSA) is 78.9 Å². The van der Waals surface area contributed by atoms with Crippen LogP contribution < -0.4 is 0 Å². The molecule has 0 saturated heterocycles. The quantitative estimate of drug-likeness (QED) is 0.0262. The van der Waals surface area contributed by atoms with Crippen molar-refractivity contribution in [3.05, 3.63) is 85.1 Å². The van der Waals surface area contributed by atoms with Gasteiger partial charge in [-0.1, -0.05) is 209 Å². The van der Waals surface area contributed by atoms with Gasteiger partial charge in [-0.05, 0) is 109 Å². The van der Waals surface area contributed by atoms with Crippen molar-refractivity contribution in [2.45, 2.75) is 258 Å². The molecule has 0 aromatic heterocycles. The summed E-state index contributed by atoms with van der Waals surface area (Å²) in [6.07, 6.45) is 68.5. The van der Waals surface area contributed by atoms with Gasteiger partial charge >= 0.3 is 17.9 Å². The predicted molar refractivity (Wildman–Crippen MR) is 279 cm³/mol. The van der Waals surface area contributed by atoms with E-state index in [-0.39, 0.29) is 31.1 Å². The van der Waals surface area contributed by atoms with Gasteiger partial charge in [0.1, 0.15) is 13.2 Å². The van der Waals surface area contributed by atoms with E-state index in [1.54, 1.807) is 0 Å². The Morgan fingerprint density at radius 1 is 0.323 bits per heavy atom. The first kappa shape index (κ1) is 61.6. The largest absolute Gasteiger partial charge is 0.462 e. The molecule has 6 heteroatoms. The summed E-state index contributed by atoms with van der Waals surface area (Å²) in [7, 11) is 0. The van der Waals surface area contributed by atoms with Crippen molar-refractivity contribution in [2.24, 2.45) is 0 Å². The maximum atomic E-state index is 12.8. The van der Waals surface area contributed by atoms with Crippen LogP contribution in [0, 0.1) is 0 Å². The summed E-state index contributed by atoms with van der Waals surface area (Å²) in [5, 5.41) is 0. The van der Waals surface area contributed by atoms with Gasteiger partial charge in [-0.3, -0.25) is 14.4 Å². The molecule has 0 rings (SSSR count). The lowest BCUT2D eigenvalue weighted by molar-refractivity contribution is -0.167. The van der Waals surface area contributed by atoms with Crippen LogP contribution in [-0.4, -0.2) is 37.2 Å². The minimum Gasteiger partial charge on any atom is -0.462 e. The Labute approximate surface area is 401 Å². The Kier molecular flexibility index (Phi) is 50.4. The summed E-state index contributed by atoms with van der Waals surface area (Å²) < 4.78 is 16.8. The average molecular weight is 905 g/mol. The van der Waals surface area contributed by atoms with Gasteiger partial charge in [0.25, 0.3) is 0 Å². The number of allylic oxidation sites excluding steroid dienone is 14. The SMILES string of the molecule is CC/C=C\C/C=C\C/C=C\CCCCCCCCCC(=O)OCC(COC(=O)CCCCCCC/C=C\C/C=C\CCC)OC(=O)CCCCCCCCC/C=C\C/C=C\CCCCC. The molecule has 1 unspecified atom stereocenters. The maximum Gasteiger partial charge on any atom is 0.306 e. The van der Waals surface area contributed by atoms with E-state index in [2.05, 4.69) is 106 Å². The van der Waals surface area contributed by atoms with Gasteiger partial charge in [0.05, 0.1) is 0 Å². The normalized spacial score (nSPS) is 12.7. The summed E-state index contributed by atoms with van der Waals surface area (Å²) >= 11 is 0. The van der Waals surface area contributed by atoms with Crippen LogP contribution in [0.2, 0.25) is 0 Å². The van der Waals surface area contributed by atoms with E-state index < -0.39 is 6.10 Å². The second-order valence-corrected chi connectivity index (χ2v) is 17.7. The number of carbonyl (C=O) groups is 3. The third kappa shape index (κ3) is 51.4. The lowest BCUT2D eigenvalue weighted by atomic mass is 10.1. The first-order valence-electron chi connectivity index (χ1n) is 27.1. The highest BCUT2D eigenvalue weighted by atomic mass is 16.6. The number of esters is 3. The van der Waals surface area contributed by atoms with Gasteiger partial charge in [0, 0.05) is 19.3 Å². The molecule has 0 aromatic rings. The number of hydrogen-bond donors (Lipinski definition) is 0. The van der Waals surface area contributed by atoms with Gasteiger partial charge in [-0.2, -0.15) is 0 Å². The monoisotopic (exact) mass is 905 g/mol. The zero-order valence-electron chi connectivity index (χ0n) is 42.5. The van der Waals surface area contributed by atoms with Crippen molar-refractivity contribution in [3.8, 4) is 0 Å². The molecule has 0 aliphatic heterocycles. The molecule has 65 heavy (non-hydrogen) atoms. The molecule has 0 fully saturated rings. The molecular weight excluding hydrogens is 805 g/mol. The van der Waals surface area contributed by atoms with Crippen LogP contribution in [-0.2, 0) is 28.6 Å². The van der Waals surface area contributed by atoms with Gasteiger partial charge in [-0.25, -0.2) is 0 Å². The summed E-state index contributed by atoms with van der Waals surface area (Å²) in [4.78, 5) is 38.1. The van der Waals surface area contributed by atoms with Crippen LogP contribution in [0.3, 0.4) is 0 Å². The lowest BCUT2D eigenvalue weighted by Gasteiger charge is -2.18. The molecule has 0 N–H and O–H groups in total. The highest BCUT2D eigenvalue weighted by molar-refractivity contribution is 5.71. The molecule has 0 aliphatic carbocycles. The Morgan fingerprint density at radius 3 is 1.00 bits per heavy atom. The fourth-order valence-electron chi connectivity index (χ4n) is 7.29. The molecule has 0 spiro atoms. The number of ether oxygens (including phenoxy) is 3. The predicted octanol–water partition coefficient (Wildman–Crippen LogP) is 18.0. The maximum absolute atomic E-state index is 12.8. The summed E-state index contributed by atoms with van der Waals surface area (Å²) in [6.45, 7) is 6.42. The molecule has 372 valence electrons. The van der Waals surface area contributed by atoms with E-state index in [4.69, 9.17) is 14.2 Å². The number of rotatable bonds is 48. The lowest BCUT2D eigenvalue weighted by Crippen LogP contribution is -2.30. The minimum atomic E-state index is -0.791. The van der Waals surface area contributed by atoms with E-state index in [1.165, 1.54) is 83.5 Å². The third-order valence-electron chi connectivity index (χ3n) is 11.3. The highest BCUT2D eigenvalue weighted by Gasteiger charge is 2.19. The van der Waals surface area contributed by atoms with Crippen molar-refractivity contribution in [3.63, 3.8) is 0 Å². The van der Waals surface area contributed by atoms with Gasteiger partial charge in [-0.15, -0.1) is 0 Å². The second-order valence-electron chi connectivity index (χ2n) is 17.7. The van der Waals surface area contributed by atoms with Crippen LogP contribution in [0.15, 0.2) is 85.1 Å². The molecule has 0 amide bonds. The smallest absolute Gasteiger partial charge is 0.306 e. The zero-order chi connectivity index (χ0) is 47.2. The molecular formula is C59H100O6. The van der Waals surface area contributed by atoms with Gasteiger partial charge in [0.15, 0.2) is 6.10 Å². The standard InChI is InChI=1S/C59H100O6/c1-4-7-10-13-16-19-22-25-27-29-31-34-37-40-43-46-49-52-58(61)64-55-56(54-63-57(60)51-48-45-42-39-36-33-24-21-18-15-12-9-6-3)65-59(62)53-50-47-44-41-38-35-32-30-28-26-23-20-17-14-11-8-5-2/h7,10,12,15-17,19-21,24-28,56H,4-6,8-9,11,13-14,18,22-23,29-55H2,1-3H3/b10-7-,15-12-,19-16-,20-17-,24-21-,27-25-,28-26-. The van der Waals surface area contributed by atoms with Gasteiger partial charge in [0.2, 0.25) is 0 Å². The third-order valence-corrected chi connectivity index (χ3v) is 11.3. The number of unbranched alkanes of at least 4 members (excludes halogenated alkanes) is 23. The van der Waals surface area contributed by atoms with Crippen LogP contribution in [0.5, 0.6) is 0 Å². The number of hydrogen-bond acceptors (Lipinski definition) is 6. The van der Waals surface area contributed by atoms with E-state index in [1.807, 2.05) is 0 Å². The molecule has 0 heterocycles. The fourth-order valence-corrected chi connectivity index (χ4v) is 7.29. The summed E-state index contributed by atoms with van der Waals surface area (Å²) in [5.74, 6) is -0.919. The first-order chi connectivity index (χ1) is 32.0. The van der Waals surface area contributed by atoms with Crippen LogP contribution in [0.1, 0.15) is 252 Å². The van der Waals surface area contributed by atoms with Crippen molar-refractivity contribution in [1.82, 2.24) is 0 Å². The van der Waals surface area contributed by atoms with Crippen molar-refractivity contribution in [2.75, 3.05) is 13.2 Å². The van der Waals surface area contributed by atoms with Crippen LogP contribution in [0.25, 0.3) is 0 Å². The summed E-state index contributed by atoms with van der Waals surface area (Å²) in [5.41, 5.74) is 0. The zero-order valence-corrected chi connectivity index (χ0v) is 42.5. The Balaban J connectivity index is 4.42. The Hall–Kier alpha value is -3.41. The molecule has 0 aromatic carbocycles. The fraction of sp³-hybridized carbons (Fsp3) is 0.712. The molecule has 6 nitrogen and oxygen atoms in total. The molecule has 0 bridgehead atoms. The molecule has 0 radical (unpaired) electrons. The van der Waals surface area contributed by atoms with E-state index >= 15 is 0 Å². The van der Waals surface area contributed by atoms with E-state index in [0.717, 1.165) is 128 Å². The van der Waals surface area contributed by atoms with Gasteiger partial charge < -0.3 is 14.2 Å². The number of carbonyl (C=O) groups excluding carboxylic acids is 3. The Morgan fingerprint density at radius 2 is 0.631 bits per heavy atom. The average Bonchev–Trinajstić information content (AvgIpc) is 3.30.